The number of hydrogen-bond donors (Lipinski definition) is 0. The van der Waals surface area contributed by atoms with Gasteiger partial charge in [-0.15, -0.1) is 0 Å². The summed E-state index contributed by atoms with van der Waals surface area (Å²) in [6, 6.07) is 0. The molecule has 0 aromatic heterocycles. The lowest BCUT2D eigenvalue weighted by Gasteiger charge is -2.32. The molecule has 0 radical (unpaired) electrons. The lowest BCUT2D eigenvalue weighted by Crippen LogP contribution is -2.41. The van der Waals surface area contributed by atoms with Gasteiger partial charge in [-0.1, -0.05) is 23.8 Å². The Labute approximate surface area is 127 Å². The maximum absolute atomic E-state index is 11.3. The molecule has 0 spiro atoms. The second kappa shape index (κ2) is 5.97. The Hall–Kier alpha value is -1.07. The average Bonchev–Trinajstić information content (AvgIpc) is 2.59. The van der Waals surface area contributed by atoms with Crippen LogP contribution < -0.4 is 0 Å². The quantitative estimate of drug-likeness (QED) is 0.590. The molecule has 21 heavy (non-hydrogen) atoms. The van der Waals surface area contributed by atoms with Crippen molar-refractivity contribution < 1.29 is 18.8 Å². The summed E-state index contributed by atoms with van der Waals surface area (Å²) >= 11 is 0. The Balaban J connectivity index is 1.87. The molecule has 0 amide bonds. The van der Waals surface area contributed by atoms with Crippen LogP contribution in [0.15, 0.2) is 23.8 Å². The zero-order valence-corrected chi connectivity index (χ0v) is 13.6. The number of ether oxygens (including phenoxy) is 1. The van der Waals surface area contributed by atoms with Crippen LogP contribution in [0.1, 0.15) is 40.5 Å². The largest absolute Gasteiger partial charge is 0.469 e. The Morgan fingerprint density at radius 2 is 1.95 bits per heavy atom. The predicted molar refractivity (Wildman–Crippen MR) is 82.9 cm³/mol. The van der Waals surface area contributed by atoms with Gasteiger partial charge >= 0.3 is 13.1 Å². The first-order valence-corrected chi connectivity index (χ1v) is 7.53. The van der Waals surface area contributed by atoms with Gasteiger partial charge in [-0.25, -0.2) is 0 Å². The summed E-state index contributed by atoms with van der Waals surface area (Å²) in [5.41, 5.74) is 0.628. The fourth-order valence-corrected chi connectivity index (χ4v) is 2.55. The van der Waals surface area contributed by atoms with Crippen molar-refractivity contribution in [3.05, 3.63) is 23.8 Å². The highest BCUT2D eigenvalue weighted by molar-refractivity contribution is 6.46. The summed E-state index contributed by atoms with van der Waals surface area (Å²) < 4.78 is 16.7. The molecule has 1 unspecified atom stereocenters. The first-order chi connectivity index (χ1) is 9.73. The molecule has 0 aromatic rings. The second-order valence-electron chi connectivity index (χ2n) is 6.80. The highest BCUT2D eigenvalue weighted by Gasteiger charge is 2.50. The molecule has 4 nitrogen and oxygen atoms in total. The van der Waals surface area contributed by atoms with Crippen molar-refractivity contribution in [2.75, 3.05) is 7.11 Å². The Kier molecular flexibility index (Phi) is 4.64. The number of carbonyl (C=O) groups is 1. The fourth-order valence-electron chi connectivity index (χ4n) is 2.55. The number of allylic oxidation sites excluding steroid dienone is 4. The Morgan fingerprint density at radius 1 is 1.33 bits per heavy atom. The second-order valence-corrected chi connectivity index (χ2v) is 6.80. The normalized spacial score (nSPS) is 26.6. The standard InChI is InChI=1S/C16H25BO4/c1-15(2)16(3,4)21-17(20-15)11-13-8-6-12(7-9-13)10-14(18)19-5/h6,8-9,12H,7,10-11H2,1-5H3. The predicted octanol–water partition coefficient (Wildman–Crippen LogP) is 3.14. The van der Waals surface area contributed by atoms with Crippen molar-refractivity contribution >= 4 is 13.1 Å². The summed E-state index contributed by atoms with van der Waals surface area (Å²) in [5, 5.41) is 0. The minimum absolute atomic E-state index is 0.160. The van der Waals surface area contributed by atoms with Crippen LogP contribution in [0.3, 0.4) is 0 Å². The third-order valence-corrected chi connectivity index (χ3v) is 4.63. The van der Waals surface area contributed by atoms with Crippen molar-refractivity contribution in [3.63, 3.8) is 0 Å². The molecule has 2 aliphatic rings. The van der Waals surface area contributed by atoms with E-state index in [-0.39, 0.29) is 30.2 Å². The molecule has 0 aromatic carbocycles. The minimum atomic E-state index is -0.288. The SMILES string of the molecule is COC(=O)CC1C=CC(CB2OC(C)(C)C(C)(C)O2)=CC1. The summed E-state index contributed by atoms with van der Waals surface area (Å²) in [4.78, 5) is 11.3. The van der Waals surface area contributed by atoms with E-state index in [2.05, 4.69) is 45.9 Å². The number of carbonyl (C=O) groups excluding carboxylic acids is 1. The summed E-state index contributed by atoms with van der Waals surface area (Å²) in [6.07, 6.45) is 8.36. The molecule has 0 bridgehead atoms. The molecular formula is C16H25BO4. The molecule has 0 saturated carbocycles. The van der Waals surface area contributed by atoms with E-state index in [0.29, 0.717) is 6.42 Å². The summed E-state index contributed by atoms with van der Waals surface area (Å²) in [7, 11) is 1.22. The van der Waals surface area contributed by atoms with Crippen LogP contribution in [-0.2, 0) is 18.8 Å². The third-order valence-electron chi connectivity index (χ3n) is 4.63. The molecule has 1 aliphatic carbocycles. The highest BCUT2D eigenvalue weighted by atomic mass is 16.7. The van der Waals surface area contributed by atoms with Gasteiger partial charge in [0.05, 0.1) is 24.7 Å². The topological polar surface area (TPSA) is 44.8 Å². The van der Waals surface area contributed by atoms with Gasteiger partial charge in [-0.05, 0) is 40.0 Å². The third kappa shape index (κ3) is 3.77. The van der Waals surface area contributed by atoms with Gasteiger partial charge in [0.25, 0.3) is 0 Å². The molecule has 5 heteroatoms. The van der Waals surface area contributed by atoms with Crippen molar-refractivity contribution in [1.29, 1.82) is 0 Å². The van der Waals surface area contributed by atoms with Crippen LogP contribution >= 0.6 is 0 Å². The molecule has 1 heterocycles. The van der Waals surface area contributed by atoms with Gasteiger partial charge in [-0.3, -0.25) is 4.79 Å². The summed E-state index contributed by atoms with van der Waals surface area (Å²) in [5.74, 6) is 0.0759. The van der Waals surface area contributed by atoms with Gasteiger partial charge in [-0.2, -0.15) is 0 Å². The number of methoxy groups -OCH3 is 1. The van der Waals surface area contributed by atoms with E-state index in [1.165, 1.54) is 12.7 Å². The van der Waals surface area contributed by atoms with E-state index < -0.39 is 0 Å². The maximum Gasteiger partial charge on any atom is 0.462 e. The van der Waals surface area contributed by atoms with E-state index >= 15 is 0 Å². The van der Waals surface area contributed by atoms with Crippen molar-refractivity contribution in [2.24, 2.45) is 5.92 Å². The van der Waals surface area contributed by atoms with Gasteiger partial charge in [0.1, 0.15) is 0 Å². The first kappa shape index (κ1) is 16.3. The van der Waals surface area contributed by atoms with Crippen LogP contribution in [0.4, 0.5) is 0 Å². The van der Waals surface area contributed by atoms with Crippen LogP contribution in [0.2, 0.25) is 6.32 Å². The monoisotopic (exact) mass is 292 g/mol. The average molecular weight is 292 g/mol. The van der Waals surface area contributed by atoms with Gasteiger partial charge in [0.2, 0.25) is 0 Å². The molecule has 116 valence electrons. The highest BCUT2D eigenvalue weighted by Crippen LogP contribution is 2.39. The molecule has 2 rings (SSSR count). The van der Waals surface area contributed by atoms with Crippen LogP contribution in [0.5, 0.6) is 0 Å². The van der Waals surface area contributed by atoms with Gasteiger partial charge in [0, 0.05) is 6.32 Å². The maximum atomic E-state index is 11.3. The van der Waals surface area contributed by atoms with E-state index in [4.69, 9.17) is 14.0 Å². The summed E-state index contributed by atoms with van der Waals surface area (Å²) in [6.45, 7) is 8.24. The zero-order valence-electron chi connectivity index (χ0n) is 13.6. The molecular weight excluding hydrogens is 267 g/mol. The Morgan fingerprint density at radius 3 is 2.43 bits per heavy atom. The van der Waals surface area contributed by atoms with Gasteiger partial charge in [0.15, 0.2) is 0 Å². The molecule has 0 N–H and O–H groups in total. The van der Waals surface area contributed by atoms with Crippen LogP contribution in [0.25, 0.3) is 0 Å². The molecule has 1 aliphatic heterocycles. The van der Waals surface area contributed by atoms with Crippen molar-refractivity contribution in [1.82, 2.24) is 0 Å². The number of hydrogen-bond acceptors (Lipinski definition) is 4. The lowest BCUT2D eigenvalue weighted by atomic mass is 9.78. The number of rotatable bonds is 4. The first-order valence-electron chi connectivity index (χ1n) is 7.53. The lowest BCUT2D eigenvalue weighted by molar-refractivity contribution is -0.141. The smallest absolute Gasteiger partial charge is 0.462 e. The van der Waals surface area contributed by atoms with Crippen LogP contribution in [-0.4, -0.2) is 31.4 Å². The van der Waals surface area contributed by atoms with E-state index in [9.17, 15) is 4.79 Å². The van der Waals surface area contributed by atoms with E-state index in [1.807, 2.05) is 0 Å². The Bertz CT molecular complexity index is 449. The van der Waals surface area contributed by atoms with E-state index in [1.54, 1.807) is 0 Å². The minimum Gasteiger partial charge on any atom is -0.469 e. The van der Waals surface area contributed by atoms with E-state index in [0.717, 1.165) is 12.7 Å². The number of esters is 1. The fraction of sp³-hybridized carbons (Fsp3) is 0.688. The molecule has 1 fully saturated rings. The molecule has 1 atom stereocenters. The van der Waals surface area contributed by atoms with Crippen molar-refractivity contribution in [2.45, 2.75) is 58.1 Å². The van der Waals surface area contributed by atoms with Crippen molar-refractivity contribution in [3.8, 4) is 0 Å². The van der Waals surface area contributed by atoms with Gasteiger partial charge < -0.3 is 14.0 Å². The van der Waals surface area contributed by atoms with Crippen LogP contribution in [0, 0.1) is 5.92 Å². The zero-order chi connectivity index (χ0) is 15.7. The molecule has 1 saturated heterocycles.